The van der Waals surface area contributed by atoms with Crippen LogP contribution >= 0.6 is 0 Å². The molecular formula is C20H13CoO5. The van der Waals surface area contributed by atoms with E-state index >= 15 is 0 Å². The first-order chi connectivity index (χ1) is 12.3. The molecule has 0 saturated carbocycles. The van der Waals surface area contributed by atoms with E-state index in [1.54, 1.807) is 0 Å². The Hall–Kier alpha value is -2.62. The number of cyclic esters (lactones) is 1. The molecule has 0 aliphatic carbocycles. The van der Waals surface area contributed by atoms with Crippen molar-refractivity contribution in [2.45, 2.75) is 6.92 Å². The van der Waals surface area contributed by atoms with Crippen LogP contribution in [0.3, 0.4) is 0 Å². The molecule has 3 rings (SSSR count). The number of benzene rings is 2. The summed E-state index contributed by atoms with van der Waals surface area (Å²) in [5.41, 5.74) is 2.78. The van der Waals surface area contributed by atoms with E-state index in [9.17, 15) is 4.79 Å². The summed E-state index contributed by atoms with van der Waals surface area (Å²) in [5.74, 6) is 1.03. The van der Waals surface area contributed by atoms with Gasteiger partial charge in [-0.15, -0.1) is 0 Å². The molecule has 0 saturated heterocycles. The molecule has 0 unspecified atom stereocenters. The van der Waals surface area contributed by atoms with Gasteiger partial charge in [0.1, 0.15) is 11.7 Å². The largest absolute Gasteiger partial charge is 0 e. The maximum Gasteiger partial charge on any atom is 0 e. The van der Waals surface area contributed by atoms with Gasteiger partial charge >= 0.3 is 39.9 Å². The Bertz CT molecular complexity index is 747. The molecule has 0 fully saturated rings. The molecule has 2 radical (unpaired) electrons. The third kappa shape index (κ3) is 6.35. The van der Waals surface area contributed by atoms with E-state index in [0.29, 0.717) is 11.7 Å². The third-order valence-electron chi connectivity index (χ3n) is 3.18. The van der Waals surface area contributed by atoms with Crippen LogP contribution in [0.4, 0.5) is 0 Å². The molecule has 6 heteroatoms. The van der Waals surface area contributed by atoms with Crippen LogP contribution in [0.2, 0.25) is 0 Å². The van der Waals surface area contributed by atoms with Gasteiger partial charge in [-0.2, -0.15) is 0 Å². The van der Waals surface area contributed by atoms with Crippen LogP contribution in [-0.2, 0) is 40.3 Å². The number of hydrogen-bond acceptors (Lipinski definition) is 2. The maximum absolute atomic E-state index is 12.1. The van der Waals surface area contributed by atoms with Gasteiger partial charge in [0.15, 0.2) is 0 Å². The molecule has 2 aromatic rings. The maximum atomic E-state index is 12.1. The minimum atomic E-state index is -0.275. The quantitative estimate of drug-likeness (QED) is 0.445. The van der Waals surface area contributed by atoms with E-state index in [4.69, 9.17) is 18.7 Å². The molecule has 0 aromatic heterocycles. The smallest absolute Gasteiger partial charge is 0 e. The topological polar surface area (TPSA) is 86.0 Å². The molecule has 0 N–H and O–H groups in total. The summed E-state index contributed by atoms with van der Waals surface area (Å²) in [6, 6.07) is 19.5. The first-order valence-electron chi connectivity index (χ1n) is 6.80. The molecule has 132 valence electrons. The summed E-state index contributed by atoms with van der Waals surface area (Å²) in [6.07, 6.45) is 0. The average molecular weight is 392 g/mol. The van der Waals surface area contributed by atoms with Gasteiger partial charge in [0.2, 0.25) is 0 Å². The Morgan fingerprint density at radius 2 is 1.12 bits per heavy atom. The number of allylic oxidation sites excluding steroid dienone is 1. The Kier molecular flexibility index (Phi) is 14.5. The zero-order valence-corrected chi connectivity index (χ0v) is 14.7. The number of hydrogen-bond donors (Lipinski definition) is 0. The second-order valence-corrected chi connectivity index (χ2v) is 4.43. The molecule has 0 atom stereocenters. The van der Waals surface area contributed by atoms with Gasteiger partial charge in [-0.3, -0.25) is 4.79 Å². The van der Waals surface area contributed by atoms with Crippen molar-refractivity contribution in [2.24, 2.45) is 0 Å². The fourth-order valence-corrected chi connectivity index (χ4v) is 2.34. The number of ether oxygens (including phenoxy) is 1. The summed E-state index contributed by atoms with van der Waals surface area (Å²) in [7, 11) is 0. The number of carbonyl (C=O) groups excluding carboxylic acids is 1. The van der Waals surface area contributed by atoms with Crippen LogP contribution < -0.4 is 0 Å². The van der Waals surface area contributed by atoms with Crippen LogP contribution in [0.1, 0.15) is 18.1 Å². The third-order valence-corrected chi connectivity index (χ3v) is 3.18. The first-order valence-corrected chi connectivity index (χ1v) is 6.80. The molecule has 26 heavy (non-hydrogen) atoms. The molecular weight excluding hydrogens is 379 g/mol. The molecule has 1 aliphatic heterocycles. The molecule has 0 spiro atoms. The predicted octanol–water partition coefficient (Wildman–Crippen LogP) is 3.48. The van der Waals surface area contributed by atoms with Crippen molar-refractivity contribution < 1.29 is 40.3 Å². The van der Waals surface area contributed by atoms with Gasteiger partial charge in [-0.05, 0) is 18.1 Å². The van der Waals surface area contributed by atoms with Crippen LogP contribution in [-0.4, -0.2) is 5.97 Å². The van der Waals surface area contributed by atoms with Crippen molar-refractivity contribution in [3.05, 3.63) is 103 Å². The summed E-state index contributed by atoms with van der Waals surface area (Å²) in [6.45, 7) is 15.3. The van der Waals surface area contributed by atoms with Gasteiger partial charge in [0.25, 0.3) is 0 Å². The normalized spacial score (nSPS) is 11.7. The number of rotatable bonds is 2. The van der Waals surface area contributed by atoms with Gasteiger partial charge in [-0.25, -0.2) is 0 Å². The second kappa shape index (κ2) is 14.7. The number of carbonyl (C=O) groups is 1. The molecule has 0 bridgehead atoms. The van der Waals surface area contributed by atoms with E-state index < -0.39 is 0 Å². The van der Waals surface area contributed by atoms with Crippen LogP contribution in [0.5, 0.6) is 0 Å². The molecule has 0 amide bonds. The van der Waals surface area contributed by atoms with Crippen LogP contribution in [0.15, 0.2) is 66.4 Å². The molecule has 1 heterocycles. The monoisotopic (exact) mass is 392 g/mol. The summed E-state index contributed by atoms with van der Waals surface area (Å²) < 4.78 is 27.8. The van der Waals surface area contributed by atoms with Gasteiger partial charge in [0.05, 0.1) is 0 Å². The fraction of sp³-hybridized carbons (Fsp3) is 0.0500. The van der Waals surface area contributed by atoms with E-state index in [2.05, 4.69) is 20.0 Å². The zero-order chi connectivity index (χ0) is 19.2. The molecule has 2 aromatic carbocycles. The standard InChI is InChI=1S/C17H13O2.3CO.Co/c1-12-15(13-8-4-2-5-9-13)16(17(18)19-12)14-10-6-3-7-11-14;3*1-2;/h2-11H,1H3;;;;. The van der Waals surface area contributed by atoms with Crippen molar-refractivity contribution in [2.75, 3.05) is 0 Å². The fourth-order valence-electron chi connectivity index (χ4n) is 2.34. The van der Waals surface area contributed by atoms with E-state index in [0.717, 1.165) is 16.7 Å². The minimum absolute atomic E-state index is 0. The van der Waals surface area contributed by atoms with E-state index in [1.165, 1.54) is 0 Å². The second-order valence-electron chi connectivity index (χ2n) is 4.43. The van der Waals surface area contributed by atoms with Crippen molar-refractivity contribution in [3.8, 4) is 0 Å². The Morgan fingerprint density at radius 1 is 0.731 bits per heavy atom. The molecule has 1 aliphatic rings. The Labute approximate surface area is 162 Å². The number of esters is 1. The average Bonchev–Trinajstić information content (AvgIpc) is 3.01. The Balaban J connectivity index is 0. The van der Waals surface area contributed by atoms with Crippen molar-refractivity contribution >= 4 is 11.5 Å². The minimum Gasteiger partial charge on any atom is 0 e. The van der Waals surface area contributed by atoms with Crippen molar-refractivity contribution in [1.82, 2.24) is 0 Å². The summed E-state index contributed by atoms with van der Waals surface area (Å²) in [5, 5.41) is 0. The zero-order valence-electron chi connectivity index (χ0n) is 13.6. The van der Waals surface area contributed by atoms with E-state index in [-0.39, 0.29) is 22.7 Å². The van der Waals surface area contributed by atoms with Crippen molar-refractivity contribution in [1.29, 1.82) is 0 Å². The van der Waals surface area contributed by atoms with Crippen LogP contribution in [0, 0.1) is 25.9 Å². The molecule has 5 nitrogen and oxygen atoms in total. The predicted molar refractivity (Wildman–Crippen MR) is 85.7 cm³/mol. The van der Waals surface area contributed by atoms with Gasteiger partial charge in [0, 0.05) is 22.4 Å². The van der Waals surface area contributed by atoms with Crippen LogP contribution in [0.25, 0.3) is 5.57 Å². The van der Waals surface area contributed by atoms with Gasteiger partial charge in [-0.1, -0.05) is 60.7 Å². The first kappa shape index (κ1) is 25.6. The Morgan fingerprint density at radius 3 is 1.54 bits per heavy atom. The van der Waals surface area contributed by atoms with Crippen molar-refractivity contribution in [3.63, 3.8) is 0 Å². The SMILES string of the molecule is CC1=C(c2ccccc2)[C](c2ccccc2)C(=O)O1.[C-]#[O+].[C-]#[O+].[C-]#[O+].[Co]. The summed E-state index contributed by atoms with van der Waals surface area (Å²) in [4.78, 5) is 12.1. The van der Waals surface area contributed by atoms with E-state index in [1.807, 2.05) is 67.6 Å². The van der Waals surface area contributed by atoms with Gasteiger partial charge < -0.3 is 4.74 Å². The summed E-state index contributed by atoms with van der Waals surface area (Å²) >= 11 is 0.